The summed E-state index contributed by atoms with van der Waals surface area (Å²) in [5.41, 5.74) is 0. The van der Waals surface area contributed by atoms with Gasteiger partial charge in [0.2, 0.25) is 0 Å². The van der Waals surface area contributed by atoms with E-state index in [1.807, 2.05) is 0 Å². The Morgan fingerprint density at radius 1 is 1.00 bits per heavy atom. The van der Waals surface area contributed by atoms with Crippen molar-refractivity contribution in [2.45, 2.75) is 18.9 Å². The van der Waals surface area contributed by atoms with Crippen molar-refractivity contribution >= 4 is 0 Å². The highest BCUT2D eigenvalue weighted by molar-refractivity contribution is 5.13. The van der Waals surface area contributed by atoms with Gasteiger partial charge in [0.1, 0.15) is 0 Å². The molecule has 1 N–H and O–H groups in total. The van der Waals surface area contributed by atoms with E-state index >= 15 is 0 Å². The molecule has 1 nitrogen and oxygen atoms in total. The van der Waals surface area contributed by atoms with Crippen LogP contribution in [0.4, 0.5) is 0 Å². The first kappa shape index (κ1) is 6.17. The molecule has 0 amide bonds. The topological polar surface area (TPSA) is 20.2 Å². The number of rotatable bonds is 0. The van der Waals surface area contributed by atoms with E-state index in [9.17, 15) is 5.11 Å². The van der Waals surface area contributed by atoms with Crippen molar-refractivity contribution in [3.8, 4) is 0 Å². The van der Waals surface area contributed by atoms with Gasteiger partial charge in [0.15, 0.2) is 0 Å². The molecule has 1 heteroatoms. The first-order chi connectivity index (χ1) is 4.88. The van der Waals surface area contributed by atoms with Crippen LogP contribution in [-0.4, -0.2) is 11.2 Å². The first-order valence-electron chi connectivity index (χ1n) is 3.89. The highest BCUT2D eigenvalue weighted by Gasteiger charge is 2.29. The lowest BCUT2D eigenvalue weighted by atomic mass is 9.98. The standard InChI is InChI=1S/C9H12O/c10-9-7-3-1-2-4-8(9)6-5-7/h1-2,5-10H,3-4H2/t7-,8+,9?. The summed E-state index contributed by atoms with van der Waals surface area (Å²) in [6.45, 7) is 0. The second kappa shape index (κ2) is 2.24. The van der Waals surface area contributed by atoms with Crippen molar-refractivity contribution in [2.24, 2.45) is 11.8 Å². The summed E-state index contributed by atoms with van der Waals surface area (Å²) in [5.74, 6) is 0.812. The van der Waals surface area contributed by atoms with Gasteiger partial charge >= 0.3 is 0 Å². The molecule has 0 aliphatic heterocycles. The van der Waals surface area contributed by atoms with Crippen molar-refractivity contribution in [1.82, 2.24) is 0 Å². The predicted octanol–water partition coefficient (Wildman–Crippen LogP) is 1.50. The number of hydrogen-bond donors (Lipinski definition) is 1. The van der Waals surface area contributed by atoms with Gasteiger partial charge in [0, 0.05) is 11.8 Å². The molecule has 2 aliphatic rings. The Balaban J connectivity index is 2.21. The monoisotopic (exact) mass is 136 g/mol. The minimum absolute atomic E-state index is 0.102. The second-order valence-corrected chi connectivity index (χ2v) is 3.15. The molecule has 0 aromatic carbocycles. The Morgan fingerprint density at radius 2 is 1.50 bits per heavy atom. The van der Waals surface area contributed by atoms with Crippen molar-refractivity contribution in [3.63, 3.8) is 0 Å². The van der Waals surface area contributed by atoms with Crippen LogP contribution in [0.15, 0.2) is 24.3 Å². The number of fused-ring (bicyclic) bond motifs is 2. The average molecular weight is 136 g/mol. The SMILES string of the molecule is OC1[C@@H]2C=C[C@H]1CC=CC2. The normalized spacial score (nSPS) is 43.9. The molecule has 0 saturated carbocycles. The minimum Gasteiger partial charge on any atom is -0.392 e. The fourth-order valence-corrected chi connectivity index (χ4v) is 1.77. The number of allylic oxidation sites excluding steroid dienone is 2. The minimum atomic E-state index is -0.102. The maximum atomic E-state index is 9.59. The van der Waals surface area contributed by atoms with E-state index in [4.69, 9.17) is 0 Å². The Labute approximate surface area is 61.1 Å². The average Bonchev–Trinajstić information content (AvgIpc) is 2.06. The van der Waals surface area contributed by atoms with E-state index < -0.39 is 0 Å². The van der Waals surface area contributed by atoms with Crippen LogP contribution in [0, 0.1) is 11.8 Å². The number of aliphatic hydroxyl groups excluding tert-OH is 1. The maximum Gasteiger partial charge on any atom is 0.0671 e. The molecule has 0 aromatic heterocycles. The van der Waals surface area contributed by atoms with Crippen LogP contribution in [0.25, 0.3) is 0 Å². The Morgan fingerprint density at radius 3 is 2.00 bits per heavy atom. The summed E-state index contributed by atoms with van der Waals surface area (Å²) in [5, 5.41) is 9.59. The van der Waals surface area contributed by atoms with Gasteiger partial charge in [-0.05, 0) is 12.8 Å². The highest BCUT2D eigenvalue weighted by Crippen LogP contribution is 2.31. The smallest absolute Gasteiger partial charge is 0.0671 e. The van der Waals surface area contributed by atoms with Crippen molar-refractivity contribution < 1.29 is 5.11 Å². The van der Waals surface area contributed by atoms with Crippen molar-refractivity contribution in [3.05, 3.63) is 24.3 Å². The molecule has 1 unspecified atom stereocenters. The van der Waals surface area contributed by atoms with E-state index in [0.717, 1.165) is 12.8 Å². The van der Waals surface area contributed by atoms with Gasteiger partial charge in [-0.1, -0.05) is 24.3 Å². The molecule has 0 aromatic rings. The van der Waals surface area contributed by atoms with Crippen LogP contribution in [0.2, 0.25) is 0 Å². The fourth-order valence-electron chi connectivity index (χ4n) is 1.77. The van der Waals surface area contributed by atoms with Crippen LogP contribution in [0.5, 0.6) is 0 Å². The van der Waals surface area contributed by atoms with Gasteiger partial charge in [-0.15, -0.1) is 0 Å². The molecule has 2 rings (SSSR count). The third kappa shape index (κ3) is 0.816. The summed E-state index contributed by atoms with van der Waals surface area (Å²) in [7, 11) is 0. The number of aliphatic hydroxyl groups is 1. The predicted molar refractivity (Wildman–Crippen MR) is 40.5 cm³/mol. The van der Waals surface area contributed by atoms with Crippen LogP contribution in [0.3, 0.4) is 0 Å². The van der Waals surface area contributed by atoms with Crippen LogP contribution in [0.1, 0.15) is 12.8 Å². The second-order valence-electron chi connectivity index (χ2n) is 3.15. The van der Waals surface area contributed by atoms with Gasteiger partial charge in [0.25, 0.3) is 0 Å². The molecule has 10 heavy (non-hydrogen) atoms. The molecule has 0 radical (unpaired) electrons. The van der Waals surface area contributed by atoms with Crippen LogP contribution < -0.4 is 0 Å². The fraction of sp³-hybridized carbons (Fsp3) is 0.556. The van der Waals surface area contributed by atoms with Crippen molar-refractivity contribution in [1.29, 1.82) is 0 Å². The third-order valence-electron chi connectivity index (χ3n) is 2.47. The van der Waals surface area contributed by atoms with Gasteiger partial charge in [-0.2, -0.15) is 0 Å². The van der Waals surface area contributed by atoms with Gasteiger partial charge < -0.3 is 5.11 Å². The third-order valence-corrected chi connectivity index (χ3v) is 2.47. The van der Waals surface area contributed by atoms with E-state index in [2.05, 4.69) is 24.3 Å². The Hall–Kier alpha value is -0.560. The Kier molecular flexibility index (Phi) is 1.38. The van der Waals surface area contributed by atoms with Crippen LogP contribution in [-0.2, 0) is 0 Å². The zero-order chi connectivity index (χ0) is 6.97. The summed E-state index contributed by atoms with van der Waals surface area (Å²) < 4.78 is 0. The van der Waals surface area contributed by atoms with E-state index in [1.54, 1.807) is 0 Å². The van der Waals surface area contributed by atoms with E-state index in [-0.39, 0.29) is 6.10 Å². The van der Waals surface area contributed by atoms with Gasteiger partial charge in [-0.3, -0.25) is 0 Å². The molecular formula is C9H12O. The van der Waals surface area contributed by atoms with Gasteiger partial charge in [-0.25, -0.2) is 0 Å². The highest BCUT2D eigenvalue weighted by atomic mass is 16.3. The summed E-state index contributed by atoms with van der Waals surface area (Å²) in [6, 6.07) is 0. The molecular weight excluding hydrogens is 124 g/mol. The molecule has 0 spiro atoms. The van der Waals surface area contributed by atoms with E-state index in [0.29, 0.717) is 11.8 Å². The lowest BCUT2D eigenvalue weighted by Crippen LogP contribution is -2.19. The van der Waals surface area contributed by atoms with E-state index in [1.165, 1.54) is 0 Å². The lowest BCUT2D eigenvalue weighted by molar-refractivity contribution is 0.106. The zero-order valence-corrected chi connectivity index (χ0v) is 5.90. The number of hydrogen-bond acceptors (Lipinski definition) is 1. The molecule has 3 atom stereocenters. The quantitative estimate of drug-likeness (QED) is 0.500. The maximum absolute atomic E-state index is 9.59. The van der Waals surface area contributed by atoms with Gasteiger partial charge in [0.05, 0.1) is 6.10 Å². The first-order valence-corrected chi connectivity index (χ1v) is 3.89. The summed E-state index contributed by atoms with van der Waals surface area (Å²) in [6.07, 6.45) is 10.6. The Bertz CT molecular complexity index is 163. The zero-order valence-electron chi connectivity index (χ0n) is 5.90. The lowest BCUT2D eigenvalue weighted by Gasteiger charge is -2.14. The molecule has 0 saturated heterocycles. The van der Waals surface area contributed by atoms with Crippen molar-refractivity contribution in [2.75, 3.05) is 0 Å². The molecule has 2 aliphatic carbocycles. The molecule has 2 bridgehead atoms. The molecule has 0 fully saturated rings. The molecule has 54 valence electrons. The molecule has 0 heterocycles. The van der Waals surface area contributed by atoms with Crippen LogP contribution >= 0.6 is 0 Å². The largest absolute Gasteiger partial charge is 0.392 e. The summed E-state index contributed by atoms with van der Waals surface area (Å²) in [4.78, 5) is 0. The summed E-state index contributed by atoms with van der Waals surface area (Å²) >= 11 is 0.